The Kier molecular flexibility index (Phi) is 3.29. The molecule has 1 aliphatic rings. The standard InChI is InChI=1S/C17H16O4/c1-21-16-7-10(2-5-15(16)19)6-12-8-11-3-4-13(18)9-14(11)17(12)20/h2-5,7,9,12,18-19H,6,8H2,1H3. The molecule has 0 radical (unpaired) electrons. The van der Waals surface area contributed by atoms with Crippen molar-refractivity contribution in [1.82, 2.24) is 0 Å². The van der Waals surface area contributed by atoms with Gasteiger partial charge in [-0.25, -0.2) is 0 Å². The molecule has 0 saturated carbocycles. The molecule has 2 aromatic rings. The fourth-order valence-corrected chi connectivity index (χ4v) is 2.85. The van der Waals surface area contributed by atoms with Gasteiger partial charge < -0.3 is 14.9 Å². The fraction of sp³-hybridized carbons (Fsp3) is 0.235. The van der Waals surface area contributed by atoms with E-state index in [4.69, 9.17) is 4.74 Å². The Morgan fingerprint density at radius 3 is 2.76 bits per heavy atom. The van der Waals surface area contributed by atoms with Crippen molar-refractivity contribution < 1.29 is 19.7 Å². The van der Waals surface area contributed by atoms with Gasteiger partial charge in [0, 0.05) is 11.5 Å². The molecule has 1 atom stereocenters. The summed E-state index contributed by atoms with van der Waals surface area (Å²) in [5, 5.41) is 19.1. The average Bonchev–Trinajstić information content (AvgIpc) is 2.77. The fourth-order valence-electron chi connectivity index (χ4n) is 2.85. The van der Waals surface area contributed by atoms with E-state index < -0.39 is 0 Å². The molecule has 0 saturated heterocycles. The van der Waals surface area contributed by atoms with Crippen LogP contribution < -0.4 is 4.74 Å². The summed E-state index contributed by atoms with van der Waals surface area (Å²) >= 11 is 0. The molecule has 2 aromatic carbocycles. The van der Waals surface area contributed by atoms with E-state index in [2.05, 4.69) is 0 Å². The first-order valence-corrected chi connectivity index (χ1v) is 6.80. The third kappa shape index (κ3) is 2.44. The maximum atomic E-state index is 12.4. The summed E-state index contributed by atoms with van der Waals surface area (Å²) in [6.07, 6.45) is 1.27. The predicted octanol–water partition coefficient (Wildman–Crippen LogP) is 2.70. The Bertz CT molecular complexity index is 706. The van der Waals surface area contributed by atoms with Crippen LogP contribution in [0.1, 0.15) is 21.5 Å². The van der Waals surface area contributed by atoms with Crippen LogP contribution >= 0.6 is 0 Å². The van der Waals surface area contributed by atoms with Crippen molar-refractivity contribution in [3.63, 3.8) is 0 Å². The van der Waals surface area contributed by atoms with E-state index in [1.54, 1.807) is 30.3 Å². The van der Waals surface area contributed by atoms with Crippen LogP contribution in [0.15, 0.2) is 36.4 Å². The molecule has 4 heteroatoms. The highest BCUT2D eigenvalue weighted by Crippen LogP contribution is 2.33. The first kappa shape index (κ1) is 13.5. The second-order valence-corrected chi connectivity index (χ2v) is 5.32. The van der Waals surface area contributed by atoms with Crippen LogP contribution in [-0.2, 0) is 12.8 Å². The number of carbonyl (C=O) groups is 1. The van der Waals surface area contributed by atoms with Crippen molar-refractivity contribution in [2.24, 2.45) is 5.92 Å². The molecular weight excluding hydrogens is 268 g/mol. The smallest absolute Gasteiger partial charge is 0.167 e. The van der Waals surface area contributed by atoms with Gasteiger partial charge in [-0.2, -0.15) is 0 Å². The van der Waals surface area contributed by atoms with Gasteiger partial charge in [0.05, 0.1) is 7.11 Å². The van der Waals surface area contributed by atoms with Crippen molar-refractivity contribution >= 4 is 5.78 Å². The molecule has 0 aliphatic heterocycles. The maximum Gasteiger partial charge on any atom is 0.167 e. The van der Waals surface area contributed by atoms with E-state index in [-0.39, 0.29) is 23.2 Å². The zero-order chi connectivity index (χ0) is 15.0. The van der Waals surface area contributed by atoms with E-state index in [0.717, 1.165) is 11.1 Å². The molecule has 108 valence electrons. The highest BCUT2D eigenvalue weighted by Gasteiger charge is 2.30. The molecular formula is C17H16O4. The average molecular weight is 284 g/mol. The minimum absolute atomic E-state index is 0.0629. The Hall–Kier alpha value is -2.49. The molecule has 1 aliphatic carbocycles. The lowest BCUT2D eigenvalue weighted by atomic mass is 9.95. The number of carbonyl (C=O) groups excluding carboxylic acids is 1. The largest absolute Gasteiger partial charge is 0.508 e. The molecule has 0 spiro atoms. The number of methoxy groups -OCH3 is 1. The first-order valence-electron chi connectivity index (χ1n) is 6.80. The molecule has 0 aromatic heterocycles. The molecule has 21 heavy (non-hydrogen) atoms. The molecule has 0 bridgehead atoms. The Morgan fingerprint density at radius 2 is 2.00 bits per heavy atom. The van der Waals surface area contributed by atoms with E-state index in [9.17, 15) is 15.0 Å². The summed E-state index contributed by atoms with van der Waals surface area (Å²) < 4.78 is 5.09. The number of hydrogen-bond donors (Lipinski definition) is 2. The second kappa shape index (κ2) is 5.13. The van der Waals surface area contributed by atoms with Crippen molar-refractivity contribution in [3.05, 3.63) is 53.1 Å². The zero-order valence-corrected chi connectivity index (χ0v) is 11.7. The molecule has 0 fully saturated rings. The zero-order valence-electron chi connectivity index (χ0n) is 11.7. The third-order valence-corrected chi connectivity index (χ3v) is 3.92. The summed E-state index contributed by atoms with van der Waals surface area (Å²) in [7, 11) is 1.50. The summed E-state index contributed by atoms with van der Waals surface area (Å²) in [6.45, 7) is 0. The van der Waals surface area contributed by atoms with Gasteiger partial charge >= 0.3 is 0 Å². The number of fused-ring (bicyclic) bond motifs is 1. The van der Waals surface area contributed by atoms with Crippen molar-refractivity contribution in [2.75, 3.05) is 7.11 Å². The Labute approximate surface area is 122 Å². The summed E-state index contributed by atoms with van der Waals surface area (Å²) in [4.78, 5) is 12.4. The van der Waals surface area contributed by atoms with Gasteiger partial charge in [0.25, 0.3) is 0 Å². The summed E-state index contributed by atoms with van der Waals surface area (Å²) in [5.41, 5.74) is 2.54. The molecule has 2 N–H and O–H groups in total. The highest BCUT2D eigenvalue weighted by atomic mass is 16.5. The lowest BCUT2D eigenvalue weighted by Gasteiger charge is -2.10. The highest BCUT2D eigenvalue weighted by molar-refractivity contribution is 6.02. The number of ketones is 1. The van der Waals surface area contributed by atoms with E-state index in [1.807, 2.05) is 0 Å². The Morgan fingerprint density at radius 1 is 1.19 bits per heavy atom. The van der Waals surface area contributed by atoms with E-state index in [1.165, 1.54) is 13.2 Å². The van der Waals surface area contributed by atoms with Crippen molar-refractivity contribution in [1.29, 1.82) is 0 Å². The molecule has 1 unspecified atom stereocenters. The second-order valence-electron chi connectivity index (χ2n) is 5.32. The van der Waals surface area contributed by atoms with Crippen molar-refractivity contribution in [3.8, 4) is 17.2 Å². The number of phenolic OH excluding ortho intramolecular Hbond substituents is 2. The summed E-state index contributed by atoms with van der Waals surface area (Å²) in [5.74, 6) is 0.554. The maximum absolute atomic E-state index is 12.4. The number of aromatic hydroxyl groups is 2. The lowest BCUT2D eigenvalue weighted by molar-refractivity contribution is 0.0936. The first-order chi connectivity index (χ1) is 10.1. The van der Waals surface area contributed by atoms with Crippen LogP contribution in [0, 0.1) is 5.92 Å². The minimum Gasteiger partial charge on any atom is -0.508 e. The topological polar surface area (TPSA) is 66.8 Å². The van der Waals surface area contributed by atoms with Gasteiger partial charge in [-0.1, -0.05) is 12.1 Å². The quantitative estimate of drug-likeness (QED) is 0.909. The number of ether oxygens (including phenoxy) is 1. The molecule has 3 rings (SSSR count). The number of rotatable bonds is 3. The minimum atomic E-state index is -0.129. The monoisotopic (exact) mass is 284 g/mol. The van der Waals surface area contributed by atoms with Crippen molar-refractivity contribution in [2.45, 2.75) is 12.8 Å². The van der Waals surface area contributed by atoms with Gasteiger partial charge in [0.2, 0.25) is 0 Å². The third-order valence-electron chi connectivity index (χ3n) is 3.92. The van der Waals surface area contributed by atoms with Gasteiger partial charge in [0.15, 0.2) is 17.3 Å². The normalized spacial score (nSPS) is 16.8. The SMILES string of the molecule is COc1cc(CC2Cc3ccc(O)cc3C2=O)ccc1O. The number of benzene rings is 2. The van der Waals surface area contributed by atoms with Crippen LogP contribution in [0.25, 0.3) is 0 Å². The van der Waals surface area contributed by atoms with Gasteiger partial charge in [0.1, 0.15) is 5.75 Å². The van der Waals surface area contributed by atoms with Crippen LogP contribution in [0.5, 0.6) is 17.2 Å². The van der Waals surface area contributed by atoms with Crippen LogP contribution in [-0.4, -0.2) is 23.1 Å². The number of hydrogen-bond acceptors (Lipinski definition) is 4. The predicted molar refractivity (Wildman–Crippen MR) is 78.0 cm³/mol. The van der Waals surface area contributed by atoms with E-state index in [0.29, 0.717) is 24.2 Å². The Balaban J connectivity index is 1.83. The van der Waals surface area contributed by atoms with E-state index >= 15 is 0 Å². The van der Waals surface area contributed by atoms with Gasteiger partial charge in [-0.3, -0.25) is 4.79 Å². The lowest BCUT2D eigenvalue weighted by Crippen LogP contribution is -2.12. The van der Waals surface area contributed by atoms with Gasteiger partial charge in [-0.15, -0.1) is 0 Å². The summed E-state index contributed by atoms with van der Waals surface area (Å²) in [6, 6.07) is 10.1. The molecule has 4 nitrogen and oxygen atoms in total. The van der Waals surface area contributed by atoms with Crippen LogP contribution in [0.4, 0.5) is 0 Å². The molecule has 0 heterocycles. The number of Topliss-reactive ketones (excluding diaryl/α,β-unsaturated/α-hetero) is 1. The van der Waals surface area contributed by atoms with Crippen LogP contribution in [0.2, 0.25) is 0 Å². The van der Waals surface area contributed by atoms with Gasteiger partial charge in [-0.05, 0) is 48.2 Å². The van der Waals surface area contributed by atoms with Crippen LogP contribution in [0.3, 0.4) is 0 Å². The number of phenols is 2. The molecule has 0 amide bonds.